The minimum absolute atomic E-state index is 0.0639. The van der Waals surface area contributed by atoms with Crippen LogP contribution in [0.3, 0.4) is 0 Å². The third-order valence-corrected chi connectivity index (χ3v) is 6.94. The van der Waals surface area contributed by atoms with Gasteiger partial charge in [0.2, 0.25) is 0 Å². The van der Waals surface area contributed by atoms with Crippen LogP contribution in [0.5, 0.6) is 0 Å². The van der Waals surface area contributed by atoms with Crippen molar-refractivity contribution in [3.63, 3.8) is 0 Å². The highest BCUT2D eigenvalue weighted by molar-refractivity contribution is 5.97. The predicted octanol–water partition coefficient (Wildman–Crippen LogP) is 2.67. The molecule has 196 valence electrons. The number of H-pyrrole nitrogens is 1. The van der Waals surface area contributed by atoms with Gasteiger partial charge in [0.05, 0.1) is 0 Å². The van der Waals surface area contributed by atoms with Gasteiger partial charge in [-0.25, -0.2) is 9.97 Å². The van der Waals surface area contributed by atoms with Crippen molar-refractivity contribution in [2.24, 2.45) is 5.73 Å². The Morgan fingerprint density at radius 3 is 2.49 bits per heavy atom. The predicted molar refractivity (Wildman–Crippen MR) is 145 cm³/mol. The molecule has 0 bridgehead atoms. The maximum absolute atomic E-state index is 12.5. The Bertz CT molecular complexity index is 1260. The van der Waals surface area contributed by atoms with E-state index in [-0.39, 0.29) is 11.7 Å². The van der Waals surface area contributed by atoms with Gasteiger partial charge in [0, 0.05) is 62.5 Å². The highest BCUT2D eigenvalue weighted by atomic mass is 16.5. The number of aromatic nitrogens is 4. The number of ether oxygens (including phenoxy) is 1. The van der Waals surface area contributed by atoms with Crippen molar-refractivity contribution in [1.29, 1.82) is 0 Å². The van der Waals surface area contributed by atoms with Gasteiger partial charge in [0.25, 0.3) is 5.91 Å². The first-order valence-corrected chi connectivity index (χ1v) is 12.8. The molecule has 0 aliphatic carbocycles. The maximum Gasteiger partial charge on any atom is 0.271 e. The molecule has 3 aromatic rings. The molecule has 5 N–H and O–H groups in total. The first kappa shape index (κ1) is 25.0. The molecule has 0 saturated carbocycles. The molecule has 1 aromatic carbocycles. The Hall–Kier alpha value is -3.70. The number of hydrogen-bond acceptors (Lipinski definition) is 9. The molecule has 5 rings (SSSR count). The van der Waals surface area contributed by atoms with Crippen molar-refractivity contribution in [3.05, 3.63) is 41.2 Å². The SMILES string of the molecule is Cc1cc(-c2nc(C(N)=O)c(Nc3ccc(N4CCN(C)CC4)c(C)c3)nc2NC2CCOCC2)n[nH]1. The molecular formula is C26H35N9O2. The van der Waals surface area contributed by atoms with E-state index >= 15 is 0 Å². The van der Waals surface area contributed by atoms with Crippen LogP contribution in [0.4, 0.5) is 23.0 Å². The highest BCUT2D eigenvalue weighted by Gasteiger charge is 2.24. The van der Waals surface area contributed by atoms with Crippen molar-refractivity contribution in [3.8, 4) is 11.4 Å². The summed E-state index contributed by atoms with van der Waals surface area (Å²) in [6, 6.07) is 8.24. The molecule has 0 unspecified atom stereocenters. The number of piperazine rings is 1. The minimum atomic E-state index is -0.660. The normalized spacial score (nSPS) is 17.1. The molecular weight excluding hydrogens is 470 g/mol. The average Bonchev–Trinajstić information content (AvgIpc) is 3.31. The van der Waals surface area contributed by atoms with Crippen molar-refractivity contribution in [1.82, 2.24) is 25.1 Å². The summed E-state index contributed by atoms with van der Waals surface area (Å²) >= 11 is 0. The molecule has 0 radical (unpaired) electrons. The van der Waals surface area contributed by atoms with Crippen molar-refractivity contribution >= 4 is 28.9 Å². The van der Waals surface area contributed by atoms with E-state index < -0.39 is 5.91 Å². The van der Waals surface area contributed by atoms with Gasteiger partial charge in [-0.05, 0) is 63.6 Å². The number of hydrogen-bond donors (Lipinski definition) is 4. The van der Waals surface area contributed by atoms with Gasteiger partial charge < -0.3 is 30.9 Å². The third-order valence-electron chi connectivity index (χ3n) is 6.94. The van der Waals surface area contributed by atoms with Gasteiger partial charge in [0.1, 0.15) is 11.4 Å². The van der Waals surface area contributed by atoms with Gasteiger partial charge in [-0.3, -0.25) is 9.89 Å². The van der Waals surface area contributed by atoms with Crippen LogP contribution in [-0.2, 0) is 4.74 Å². The number of carbonyl (C=O) groups is 1. The molecule has 0 spiro atoms. The molecule has 2 aliphatic rings. The Morgan fingerprint density at radius 1 is 1.08 bits per heavy atom. The number of aromatic amines is 1. The Morgan fingerprint density at radius 2 is 1.84 bits per heavy atom. The van der Waals surface area contributed by atoms with Crippen LogP contribution in [0.2, 0.25) is 0 Å². The minimum Gasteiger partial charge on any atom is -0.381 e. The van der Waals surface area contributed by atoms with Crippen LogP contribution >= 0.6 is 0 Å². The zero-order valence-corrected chi connectivity index (χ0v) is 21.7. The fraction of sp³-hybridized carbons (Fsp3) is 0.462. The molecule has 2 fully saturated rings. The molecule has 11 heteroatoms. The lowest BCUT2D eigenvalue weighted by Gasteiger charge is -2.35. The van der Waals surface area contributed by atoms with Crippen LogP contribution in [-0.4, -0.2) is 83.5 Å². The van der Waals surface area contributed by atoms with Crippen molar-refractivity contribution < 1.29 is 9.53 Å². The van der Waals surface area contributed by atoms with E-state index in [1.54, 1.807) is 0 Å². The quantitative estimate of drug-likeness (QED) is 0.382. The van der Waals surface area contributed by atoms with E-state index in [4.69, 9.17) is 15.5 Å². The van der Waals surface area contributed by atoms with E-state index in [0.717, 1.165) is 56.0 Å². The lowest BCUT2D eigenvalue weighted by molar-refractivity contribution is 0.0904. The van der Waals surface area contributed by atoms with Crippen LogP contribution in [0.15, 0.2) is 24.3 Å². The zero-order chi connectivity index (χ0) is 25.9. The summed E-state index contributed by atoms with van der Waals surface area (Å²) in [7, 11) is 2.15. The van der Waals surface area contributed by atoms with Gasteiger partial charge in [0.15, 0.2) is 17.3 Å². The number of likely N-dealkylation sites (N-methyl/N-ethyl adjacent to an activating group) is 1. The number of nitrogens with zero attached hydrogens (tertiary/aromatic N) is 5. The molecule has 1 amide bonds. The average molecular weight is 506 g/mol. The van der Waals surface area contributed by atoms with E-state index in [2.05, 4.69) is 61.7 Å². The second-order valence-electron chi connectivity index (χ2n) is 9.87. The monoisotopic (exact) mass is 505 g/mol. The largest absolute Gasteiger partial charge is 0.381 e. The first-order valence-electron chi connectivity index (χ1n) is 12.8. The first-order chi connectivity index (χ1) is 17.9. The Kier molecular flexibility index (Phi) is 7.24. The summed E-state index contributed by atoms with van der Waals surface area (Å²) in [6.45, 7) is 9.46. The van der Waals surface area contributed by atoms with Gasteiger partial charge in [-0.2, -0.15) is 5.10 Å². The van der Waals surface area contributed by atoms with Crippen LogP contribution in [0, 0.1) is 13.8 Å². The summed E-state index contributed by atoms with van der Waals surface area (Å²) in [4.78, 5) is 26.7. The lowest BCUT2D eigenvalue weighted by atomic mass is 10.1. The number of benzene rings is 1. The molecule has 2 aromatic heterocycles. The third kappa shape index (κ3) is 5.67. The van der Waals surface area contributed by atoms with Gasteiger partial charge in [-0.1, -0.05) is 0 Å². The van der Waals surface area contributed by atoms with Crippen LogP contribution in [0.1, 0.15) is 34.6 Å². The summed E-state index contributed by atoms with van der Waals surface area (Å²) in [5.41, 5.74) is 11.0. The summed E-state index contributed by atoms with van der Waals surface area (Å²) in [6.07, 6.45) is 1.71. The molecule has 2 aliphatic heterocycles. The molecule has 37 heavy (non-hydrogen) atoms. The van der Waals surface area contributed by atoms with Gasteiger partial charge >= 0.3 is 0 Å². The molecule has 11 nitrogen and oxygen atoms in total. The highest BCUT2D eigenvalue weighted by Crippen LogP contribution is 2.31. The number of amides is 1. The molecule has 0 atom stereocenters. The topological polar surface area (TPSA) is 137 Å². The smallest absolute Gasteiger partial charge is 0.271 e. The second-order valence-corrected chi connectivity index (χ2v) is 9.87. The van der Waals surface area contributed by atoms with E-state index in [9.17, 15) is 4.79 Å². The fourth-order valence-electron chi connectivity index (χ4n) is 4.82. The Labute approximate surface area is 216 Å². The second kappa shape index (κ2) is 10.7. The molecule has 4 heterocycles. The number of aryl methyl sites for hydroxylation is 2. The maximum atomic E-state index is 12.5. The Balaban J connectivity index is 1.47. The number of nitrogens with one attached hydrogen (secondary N) is 3. The lowest BCUT2D eigenvalue weighted by Crippen LogP contribution is -2.44. The number of rotatable bonds is 7. The molecule has 2 saturated heterocycles. The summed E-state index contributed by atoms with van der Waals surface area (Å²) < 4.78 is 5.51. The van der Waals surface area contributed by atoms with E-state index in [1.165, 1.54) is 5.69 Å². The summed E-state index contributed by atoms with van der Waals surface area (Å²) in [5.74, 6) is 0.202. The van der Waals surface area contributed by atoms with Gasteiger partial charge in [-0.15, -0.1) is 0 Å². The van der Waals surface area contributed by atoms with Crippen molar-refractivity contribution in [2.45, 2.75) is 32.7 Å². The number of anilines is 4. The number of carbonyl (C=O) groups excluding carboxylic acids is 1. The standard InChI is InChI=1S/C26H35N9O2/c1-16-14-19(4-5-21(16)35-10-8-34(3)9-11-35)29-26-23(24(27)36)30-22(20-15-17(2)32-33-20)25(31-26)28-18-6-12-37-13-7-18/h4-5,14-15,18H,6-13H2,1-3H3,(H2,27,36)(H,32,33)(H2,28,29,31). The fourth-order valence-corrected chi connectivity index (χ4v) is 4.82. The summed E-state index contributed by atoms with van der Waals surface area (Å²) in [5, 5.41) is 14.1. The van der Waals surface area contributed by atoms with Crippen molar-refractivity contribution in [2.75, 3.05) is 62.0 Å². The number of primary amides is 1. The van der Waals surface area contributed by atoms with E-state index in [0.29, 0.717) is 36.2 Å². The van der Waals surface area contributed by atoms with Crippen LogP contribution < -0.4 is 21.3 Å². The van der Waals surface area contributed by atoms with E-state index in [1.807, 2.05) is 19.1 Å². The number of nitrogens with two attached hydrogens (primary N) is 1. The zero-order valence-electron chi connectivity index (χ0n) is 21.7. The van der Waals surface area contributed by atoms with Crippen LogP contribution in [0.25, 0.3) is 11.4 Å².